The van der Waals surface area contributed by atoms with Crippen LogP contribution in [0.1, 0.15) is 52.9 Å². The van der Waals surface area contributed by atoms with E-state index in [1.807, 2.05) is 0 Å². The van der Waals surface area contributed by atoms with Crippen molar-refractivity contribution in [2.24, 2.45) is 11.7 Å². The summed E-state index contributed by atoms with van der Waals surface area (Å²) in [5.41, 5.74) is 5.66. The fraction of sp³-hybridized carbons (Fsp3) is 1.00. The fourth-order valence-corrected chi connectivity index (χ4v) is 1.48. The van der Waals surface area contributed by atoms with Gasteiger partial charge in [0, 0.05) is 6.04 Å². The predicted octanol–water partition coefficient (Wildman–Crippen LogP) is 2.53. The summed E-state index contributed by atoms with van der Waals surface area (Å²) in [6, 6.07) is 0.359. The molecule has 0 fully saturated rings. The van der Waals surface area contributed by atoms with Crippen LogP contribution in [0.25, 0.3) is 0 Å². The molecule has 0 aromatic rings. The smallest absolute Gasteiger partial charge is 0.00109 e. The predicted molar refractivity (Wildman–Crippen MR) is 64.4 cm³/mol. The summed E-state index contributed by atoms with van der Waals surface area (Å²) in [5, 5.41) is 3.46. The van der Waals surface area contributed by atoms with Gasteiger partial charge in [-0.15, -0.1) is 0 Å². The van der Waals surface area contributed by atoms with Crippen molar-refractivity contribution in [1.82, 2.24) is 5.32 Å². The summed E-state index contributed by atoms with van der Waals surface area (Å²) in [5.74, 6) is 0.855. The minimum atomic E-state index is 0.359. The molecule has 2 heteroatoms. The molecule has 3 N–H and O–H groups in total. The maximum Gasteiger partial charge on any atom is 0.00109 e. The van der Waals surface area contributed by atoms with Gasteiger partial charge < -0.3 is 11.1 Å². The van der Waals surface area contributed by atoms with Gasteiger partial charge in [-0.1, -0.05) is 26.7 Å². The molecule has 0 aliphatic heterocycles. The SMILES string of the molecule is CC(C)CCCCNCCCC(C)N. The average Bonchev–Trinajstić information content (AvgIpc) is 2.08. The number of unbranched alkanes of at least 4 members (excludes halogenated alkanes) is 1. The maximum atomic E-state index is 5.66. The monoisotopic (exact) mass is 200 g/mol. The lowest BCUT2D eigenvalue weighted by atomic mass is 10.1. The van der Waals surface area contributed by atoms with Gasteiger partial charge in [-0.05, 0) is 45.2 Å². The van der Waals surface area contributed by atoms with Gasteiger partial charge in [0.15, 0.2) is 0 Å². The lowest BCUT2D eigenvalue weighted by molar-refractivity contribution is 0.511. The van der Waals surface area contributed by atoms with Gasteiger partial charge in [0.2, 0.25) is 0 Å². The van der Waals surface area contributed by atoms with Crippen molar-refractivity contribution in [3.05, 3.63) is 0 Å². The Labute approximate surface area is 89.6 Å². The molecule has 1 unspecified atom stereocenters. The number of rotatable bonds is 9. The first-order valence-electron chi connectivity index (χ1n) is 6.09. The maximum absolute atomic E-state index is 5.66. The van der Waals surface area contributed by atoms with Gasteiger partial charge in [-0.2, -0.15) is 0 Å². The number of hydrogen-bond donors (Lipinski definition) is 2. The van der Waals surface area contributed by atoms with E-state index in [0.717, 1.165) is 18.9 Å². The standard InChI is InChI=1S/C12H28N2/c1-11(2)7-4-5-9-14-10-6-8-12(3)13/h11-12,14H,4-10,13H2,1-3H3. The molecule has 0 bridgehead atoms. The van der Waals surface area contributed by atoms with Crippen molar-refractivity contribution in [1.29, 1.82) is 0 Å². The summed E-state index contributed by atoms with van der Waals surface area (Å²) in [6.07, 6.45) is 6.39. The Bertz CT molecular complexity index is 96.9. The summed E-state index contributed by atoms with van der Waals surface area (Å²) < 4.78 is 0. The lowest BCUT2D eigenvalue weighted by Gasteiger charge is -2.07. The summed E-state index contributed by atoms with van der Waals surface area (Å²) in [6.45, 7) is 8.95. The summed E-state index contributed by atoms with van der Waals surface area (Å²) in [4.78, 5) is 0. The zero-order valence-corrected chi connectivity index (χ0v) is 10.2. The zero-order valence-electron chi connectivity index (χ0n) is 10.2. The second-order valence-corrected chi connectivity index (χ2v) is 4.76. The van der Waals surface area contributed by atoms with E-state index in [9.17, 15) is 0 Å². The minimum absolute atomic E-state index is 0.359. The Balaban J connectivity index is 2.92. The quantitative estimate of drug-likeness (QED) is 0.561. The summed E-state index contributed by atoms with van der Waals surface area (Å²) >= 11 is 0. The molecule has 0 rings (SSSR count). The molecule has 0 heterocycles. The van der Waals surface area contributed by atoms with Gasteiger partial charge in [0.05, 0.1) is 0 Å². The second-order valence-electron chi connectivity index (χ2n) is 4.76. The largest absolute Gasteiger partial charge is 0.328 e. The molecule has 1 atom stereocenters. The molecule has 14 heavy (non-hydrogen) atoms. The topological polar surface area (TPSA) is 38.0 Å². The van der Waals surface area contributed by atoms with Crippen molar-refractivity contribution < 1.29 is 0 Å². The zero-order chi connectivity index (χ0) is 10.8. The van der Waals surface area contributed by atoms with Crippen LogP contribution in [0.15, 0.2) is 0 Å². The van der Waals surface area contributed by atoms with Crippen LogP contribution in [0.5, 0.6) is 0 Å². The van der Waals surface area contributed by atoms with E-state index in [2.05, 4.69) is 26.1 Å². The Morgan fingerprint density at radius 2 is 1.57 bits per heavy atom. The highest BCUT2D eigenvalue weighted by molar-refractivity contribution is 4.56. The Morgan fingerprint density at radius 1 is 0.929 bits per heavy atom. The third-order valence-electron chi connectivity index (χ3n) is 2.40. The van der Waals surface area contributed by atoms with Crippen LogP contribution in [0.4, 0.5) is 0 Å². The van der Waals surface area contributed by atoms with E-state index in [4.69, 9.17) is 5.73 Å². The molecule has 86 valence electrons. The van der Waals surface area contributed by atoms with Crippen LogP contribution < -0.4 is 11.1 Å². The number of hydrogen-bond acceptors (Lipinski definition) is 2. The van der Waals surface area contributed by atoms with Crippen LogP contribution in [0, 0.1) is 5.92 Å². The Kier molecular flexibility index (Phi) is 9.42. The van der Waals surface area contributed by atoms with Crippen molar-refractivity contribution >= 4 is 0 Å². The Hall–Kier alpha value is -0.0800. The molecule has 0 saturated heterocycles. The lowest BCUT2D eigenvalue weighted by Crippen LogP contribution is -2.20. The molecule has 0 amide bonds. The highest BCUT2D eigenvalue weighted by Crippen LogP contribution is 2.04. The van der Waals surface area contributed by atoms with Crippen LogP contribution in [0.3, 0.4) is 0 Å². The van der Waals surface area contributed by atoms with Gasteiger partial charge in [-0.25, -0.2) is 0 Å². The van der Waals surface area contributed by atoms with Crippen LogP contribution in [0.2, 0.25) is 0 Å². The normalized spacial score (nSPS) is 13.5. The molecular weight excluding hydrogens is 172 g/mol. The highest BCUT2D eigenvalue weighted by atomic mass is 14.8. The van der Waals surface area contributed by atoms with E-state index >= 15 is 0 Å². The number of nitrogens with one attached hydrogen (secondary N) is 1. The summed E-state index contributed by atoms with van der Waals surface area (Å²) in [7, 11) is 0. The molecule has 0 aliphatic carbocycles. The third kappa shape index (κ3) is 11.9. The van der Waals surface area contributed by atoms with Crippen LogP contribution in [-0.4, -0.2) is 19.1 Å². The molecule has 0 radical (unpaired) electrons. The van der Waals surface area contributed by atoms with Crippen molar-refractivity contribution in [2.75, 3.05) is 13.1 Å². The van der Waals surface area contributed by atoms with Crippen molar-refractivity contribution in [3.63, 3.8) is 0 Å². The Morgan fingerprint density at radius 3 is 2.14 bits per heavy atom. The van der Waals surface area contributed by atoms with Gasteiger partial charge in [0.25, 0.3) is 0 Å². The molecule has 0 aliphatic rings. The molecule has 2 nitrogen and oxygen atoms in total. The first-order chi connectivity index (χ1) is 6.63. The average molecular weight is 200 g/mol. The van der Waals surface area contributed by atoms with E-state index in [1.54, 1.807) is 0 Å². The van der Waals surface area contributed by atoms with Crippen molar-refractivity contribution in [2.45, 2.75) is 58.9 Å². The second kappa shape index (κ2) is 9.47. The number of nitrogens with two attached hydrogens (primary N) is 1. The van der Waals surface area contributed by atoms with Crippen LogP contribution >= 0.6 is 0 Å². The molecule has 0 saturated carbocycles. The highest BCUT2D eigenvalue weighted by Gasteiger charge is 1.95. The van der Waals surface area contributed by atoms with Crippen LogP contribution in [-0.2, 0) is 0 Å². The first-order valence-corrected chi connectivity index (χ1v) is 6.09. The van der Waals surface area contributed by atoms with E-state index < -0.39 is 0 Å². The first kappa shape index (κ1) is 13.9. The van der Waals surface area contributed by atoms with Gasteiger partial charge in [-0.3, -0.25) is 0 Å². The third-order valence-corrected chi connectivity index (χ3v) is 2.40. The van der Waals surface area contributed by atoms with Crippen molar-refractivity contribution in [3.8, 4) is 0 Å². The molecule has 0 aromatic heterocycles. The van der Waals surface area contributed by atoms with Gasteiger partial charge >= 0.3 is 0 Å². The van der Waals surface area contributed by atoms with E-state index in [0.29, 0.717) is 6.04 Å². The minimum Gasteiger partial charge on any atom is -0.328 e. The van der Waals surface area contributed by atoms with E-state index in [1.165, 1.54) is 32.2 Å². The molecular formula is C12H28N2. The molecule has 0 spiro atoms. The van der Waals surface area contributed by atoms with Gasteiger partial charge in [0.1, 0.15) is 0 Å². The fourth-order valence-electron chi connectivity index (χ4n) is 1.48. The molecule has 0 aromatic carbocycles. The van der Waals surface area contributed by atoms with E-state index in [-0.39, 0.29) is 0 Å².